The Kier molecular flexibility index (Phi) is 5.12. The van der Waals surface area contributed by atoms with Crippen LogP contribution in [0.4, 0.5) is 14.6 Å². The number of aliphatic hydroxyl groups excluding tert-OH is 1. The fourth-order valence-corrected chi connectivity index (χ4v) is 4.74. The number of carbonyl (C=O) groups is 1. The van der Waals surface area contributed by atoms with E-state index in [0.717, 1.165) is 0 Å². The molecule has 0 radical (unpaired) electrons. The molecule has 1 atom stereocenters. The number of thiazole rings is 1. The van der Waals surface area contributed by atoms with Crippen LogP contribution in [0.1, 0.15) is 16.1 Å². The lowest BCUT2D eigenvalue weighted by atomic mass is 10.0. The van der Waals surface area contributed by atoms with Crippen molar-refractivity contribution in [3.05, 3.63) is 52.5 Å². The maximum Gasteiger partial charge on any atom is 0.254 e. The molecular formula is C21H18F2N4O3S. The lowest BCUT2D eigenvalue weighted by Crippen LogP contribution is -2.47. The predicted molar refractivity (Wildman–Crippen MR) is 111 cm³/mol. The van der Waals surface area contributed by atoms with Crippen LogP contribution in [-0.2, 0) is 11.3 Å². The number of amides is 1. The van der Waals surface area contributed by atoms with E-state index >= 15 is 0 Å². The Bertz CT molecular complexity index is 1150. The summed E-state index contributed by atoms with van der Waals surface area (Å²) < 4.78 is 34.2. The number of aliphatic hydroxyl groups is 1. The summed E-state index contributed by atoms with van der Waals surface area (Å²) >= 11 is 1.32. The van der Waals surface area contributed by atoms with Gasteiger partial charge in [0.1, 0.15) is 22.5 Å². The number of benzene rings is 1. The molecule has 2 aliphatic rings. The van der Waals surface area contributed by atoms with Crippen LogP contribution < -0.4 is 10.2 Å². The first-order valence-corrected chi connectivity index (χ1v) is 10.6. The van der Waals surface area contributed by atoms with Gasteiger partial charge in [0.05, 0.1) is 54.9 Å². The van der Waals surface area contributed by atoms with Crippen LogP contribution in [0, 0.1) is 11.6 Å². The van der Waals surface area contributed by atoms with Crippen molar-refractivity contribution in [3.63, 3.8) is 0 Å². The van der Waals surface area contributed by atoms with E-state index in [-0.39, 0.29) is 36.4 Å². The van der Waals surface area contributed by atoms with Crippen molar-refractivity contribution in [1.82, 2.24) is 15.3 Å². The molecule has 0 saturated carbocycles. The zero-order chi connectivity index (χ0) is 21.5. The van der Waals surface area contributed by atoms with Gasteiger partial charge in [-0.1, -0.05) is 6.07 Å². The molecule has 0 bridgehead atoms. The van der Waals surface area contributed by atoms with Gasteiger partial charge >= 0.3 is 0 Å². The molecule has 1 unspecified atom stereocenters. The van der Waals surface area contributed by atoms with Crippen LogP contribution in [0.5, 0.6) is 0 Å². The van der Waals surface area contributed by atoms with Crippen LogP contribution >= 0.6 is 11.3 Å². The second-order valence-corrected chi connectivity index (χ2v) is 8.13. The number of hydrogen-bond acceptors (Lipinski definition) is 7. The molecule has 7 nitrogen and oxygen atoms in total. The number of hydrogen-bond donors (Lipinski definition) is 2. The smallest absolute Gasteiger partial charge is 0.254 e. The van der Waals surface area contributed by atoms with E-state index in [1.54, 1.807) is 0 Å². The highest BCUT2D eigenvalue weighted by Gasteiger charge is 2.30. The number of halogens is 2. The summed E-state index contributed by atoms with van der Waals surface area (Å²) in [5.74, 6) is -1.09. The standard InChI is InChI=1S/C21H18F2N4O3S/c22-13-2-1-3-14(23)19(13)15-6-12(18-16(25-15)7-24-20(18)29)21-26-17(10-31-21)27-4-5-30-9-11(27)8-28/h1-3,6,10-11,28H,4-5,7-9H2,(H,24,29). The van der Waals surface area contributed by atoms with E-state index in [1.165, 1.54) is 35.6 Å². The number of ether oxygens (including phenoxy) is 1. The van der Waals surface area contributed by atoms with Crippen molar-refractivity contribution in [2.75, 3.05) is 31.3 Å². The van der Waals surface area contributed by atoms with Crippen molar-refractivity contribution in [2.45, 2.75) is 12.6 Å². The van der Waals surface area contributed by atoms with Crippen molar-refractivity contribution in [2.24, 2.45) is 0 Å². The molecule has 2 aliphatic heterocycles. The highest BCUT2D eigenvalue weighted by Crippen LogP contribution is 2.37. The van der Waals surface area contributed by atoms with Gasteiger partial charge in [-0.15, -0.1) is 11.3 Å². The molecule has 1 saturated heterocycles. The molecule has 2 N–H and O–H groups in total. The average molecular weight is 444 g/mol. The second-order valence-electron chi connectivity index (χ2n) is 7.27. The van der Waals surface area contributed by atoms with Gasteiger partial charge in [0.25, 0.3) is 5.91 Å². The molecule has 0 spiro atoms. The summed E-state index contributed by atoms with van der Waals surface area (Å²) in [5, 5.41) is 14.7. The zero-order valence-corrected chi connectivity index (χ0v) is 17.1. The fraction of sp³-hybridized carbons (Fsp3) is 0.286. The van der Waals surface area contributed by atoms with Crippen molar-refractivity contribution < 1.29 is 23.4 Å². The highest BCUT2D eigenvalue weighted by atomic mass is 32.1. The minimum Gasteiger partial charge on any atom is -0.394 e. The topological polar surface area (TPSA) is 87.6 Å². The van der Waals surface area contributed by atoms with Crippen LogP contribution in [-0.4, -0.2) is 53.4 Å². The molecule has 160 valence electrons. The Morgan fingerprint density at radius 1 is 1.26 bits per heavy atom. The summed E-state index contributed by atoms with van der Waals surface area (Å²) in [6.45, 7) is 1.60. The highest BCUT2D eigenvalue weighted by molar-refractivity contribution is 7.13. The van der Waals surface area contributed by atoms with Gasteiger partial charge in [-0.05, 0) is 18.2 Å². The zero-order valence-electron chi connectivity index (χ0n) is 16.3. The Morgan fingerprint density at radius 2 is 2.06 bits per heavy atom. The van der Waals surface area contributed by atoms with Gasteiger partial charge in [0.2, 0.25) is 0 Å². The van der Waals surface area contributed by atoms with E-state index in [1.807, 2.05) is 10.3 Å². The van der Waals surface area contributed by atoms with Crippen molar-refractivity contribution >= 4 is 23.1 Å². The molecule has 5 rings (SSSR count). The summed E-state index contributed by atoms with van der Waals surface area (Å²) in [7, 11) is 0. The van der Waals surface area contributed by atoms with Crippen LogP contribution in [0.15, 0.2) is 29.6 Å². The molecular weight excluding hydrogens is 426 g/mol. The molecule has 2 aromatic heterocycles. The van der Waals surface area contributed by atoms with Crippen LogP contribution in [0.25, 0.3) is 21.8 Å². The lowest BCUT2D eigenvalue weighted by Gasteiger charge is -2.34. The third-order valence-corrected chi connectivity index (χ3v) is 6.27. The summed E-state index contributed by atoms with van der Waals surface area (Å²) in [6.07, 6.45) is 0. The maximum absolute atomic E-state index is 14.4. The third-order valence-electron chi connectivity index (χ3n) is 5.41. The Labute approximate surface area is 180 Å². The van der Waals surface area contributed by atoms with Crippen LogP contribution in [0.2, 0.25) is 0 Å². The lowest BCUT2D eigenvalue weighted by molar-refractivity contribution is 0.0723. The van der Waals surface area contributed by atoms with Crippen LogP contribution in [0.3, 0.4) is 0 Å². The first-order chi connectivity index (χ1) is 15.1. The molecule has 0 aliphatic carbocycles. The monoisotopic (exact) mass is 444 g/mol. The van der Waals surface area contributed by atoms with Gasteiger partial charge < -0.3 is 20.1 Å². The average Bonchev–Trinajstić information content (AvgIpc) is 3.41. The first kappa shape index (κ1) is 20.0. The van der Waals surface area contributed by atoms with Gasteiger partial charge in [-0.25, -0.2) is 18.7 Å². The Morgan fingerprint density at radius 3 is 2.84 bits per heavy atom. The quantitative estimate of drug-likeness (QED) is 0.643. The largest absolute Gasteiger partial charge is 0.394 e. The number of nitrogens with zero attached hydrogens (tertiary/aromatic N) is 3. The van der Waals surface area contributed by atoms with Gasteiger partial charge in [0.15, 0.2) is 0 Å². The molecule has 4 heterocycles. The fourth-order valence-electron chi connectivity index (χ4n) is 3.90. The number of fused-ring (bicyclic) bond motifs is 1. The molecule has 1 aromatic carbocycles. The minimum absolute atomic E-state index is 0.0728. The summed E-state index contributed by atoms with van der Waals surface area (Å²) in [4.78, 5) is 23.5. The van der Waals surface area contributed by atoms with E-state index in [4.69, 9.17) is 4.74 Å². The minimum atomic E-state index is -0.727. The first-order valence-electron chi connectivity index (χ1n) is 9.74. The number of nitrogens with one attached hydrogen (secondary N) is 1. The van der Waals surface area contributed by atoms with E-state index in [9.17, 15) is 18.7 Å². The molecule has 1 fully saturated rings. The Hall–Kier alpha value is -2.95. The molecule has 3 aromatic rings. The number of pyridine rings is 1. The van der Waals surface area contributed by atoms with E-state index in [0.29, 0.717) is 47.4 Å². The number of carbonyl (C=O) groups excluding carboxylic acids is 1. The van der Waals surface area contributed by atoms with E-state index in [2.05, 4.69) is 15.3 Å². The second kappa shape index (κ2) is 7.95. The van der Waals surface area contributed by atoms with Crippen molar-refractivity contribution in [3.8, 4) is 21.8 Å². The van der Waals surface area contributed by atoms with Crippen molar-refractivity contribution in [1.29, 1.82) is 0 Å². The summed E-state index contributed by atoms with van der Waals surface area (Å²) in [6, 6.07) is 4.94. The third kappa shape index (κ3) is 3.46. The Balaban J connectivity index is 1.62. The normalized spacial score (nSPS) is 18.2. The van der Waals surface area contributed by atoms with E-state index < -0.39 is 11.6 Å². The van der Waals surface area contributed by atoms with Gasteiger partial charge in [-0.3, -0.25) is 4.79 Å². The maximum atomic E-state index is 14.4. The predicted octanol–water partition coefficient (Wildman–Crippen LogP) is 2.59. The number of anilines is 1. The van der Waals surface area contributed by atoms with Gasteiger partial charge in [-0.2, -0.15) is 0 Å². The SMILES string of the molecule is O=C1NCc2nc(-c3c(F)cccc3F)cc(-c3nc(N4CCOCC4CO)cs3)c21. The number of aromatic nitrogens is 2. The van der Waals surface area contributed by atoms with Gasteiger partial charge in [0, 0.05) is 17.5 Å². The molecule has 1 amide bonds. The number of morpholine rings is 1. The molecule has 31 heavy (non-hydrogen) atoms. The summed E-state index contributed by atoms with van der Waals surface area (Å²) in [5.41, 5.74) is 1.13. The molecule has 10 heteroatoms. The number of rotatable bonds is 4.